The molecule has 0 unspecified atom stereocenters. The van der Waals surface area contributed by atoms with Gasteiger partial charge in [-0.1, -0.05) is 35.3 Å². The first kappa shape index (κ1) is 20.8. The maximum absolute atomic E-state index is 6.04. The molecule has 0 aliphatic heterocycles. The van der Waals surface area contributed by atoms with Crippen LogP contribution in [0, 0.1) is 0 Å². The fourth-order valence-corrected chi connectivity index (χ4v) is 2.81. The van der Waals surface area contributed by atoms with Gasteiger partial charge >= 0.3 is 0 Å². The maximum Gasteiger partial charge on any atom is 0.161 e. The minimum atomic E-state index is 0.398. The van der Waals surface area contributed by atoms with Crippen LogP contribution in [0.1, 0.15) is 17.5 Å². The number of nitrogens with one attached hydrogen (secondary N) is 1. The summed E-state index contributed by atoms with van der Waals surface area (Å²) in [5.74, 6) is 1.42. The molecule has 0 atom stereocenters. The normalized spacial score (nSPS) is 11.0. The highest BCUT2D eigenvalue weighted by molar-refractivity contribution is 6.42. The molecule has 0 saturated carbocycles. The van der Waals surface area contributed by atoms with E-state index in [2.05, 4.69) is 24.3 Å². The fraction of sp³-hybridized carbons (Fsp3) is 0.400. The Morgan fingerprint density at radius 1 is 0.962 bits per heavy atom. The van der Waals surface area contributed by atoms with E-state index in [9.17, 15) is 0 Å². The van der Waals surface area contributed by atoms with Crippen LogP contribution in [0.4, 0.5) is 0 Å². The Labute approximate surface area is 166 Å². The van der Waals surface area contributed by atoms with Gasteiger partial charge in [-0.15, -0.1) is 0 Å². The molecule has 0 spiro atoms. The van der Waals surface area contributed by atoms with Crippen molar-refractivity contribution in [1.82, 2.24) is 10.2 Å². The first-order valence-corrected chi connectivity index (χ1v) is 9.34. The second kappa shape index (κ2) is 10.6. The number of halogens is 2. The van der Waals surface area contributed by atoms with Crippen molar-refractivity contribution >= 4 is 23.2 Å². The largest absolute Gasteiger partial charge is 0.493 e. The van der Waals surface area contributed by atoms with Crippen LogP contribution in [0.2, 0.25) is 10.0 Å². The molecule has 0 radical (unpaired) electrons. The van der Waals surface area contributed by atoms with E-state index in [-0.39, 0.29) is 0 Å². The van der Waals surface area contributed by atoms with Crippen LogP contribution < -0.4 is 14.8 Å². The van der Waals surface area contributed by atoms with E-state index >= 15 is 0 Å². The monoisotopic (exact) mass is 396 g/mol. The molecule has 2 aromatic carbocycles. The van der Waals surface area contributed by atoms with Crippen molar-refractivity contribution < 1.29 is 9.47 Å². The Kier molecular flexibility index (Phi) is 8.52. The van der Waals surface area contributed by atoms with Gasteiger partial charge in [0.05, 0.1) is 17.2 Å². The predicted molar refractivity (Wildman–Crippen MR) is 109 cm³/mol. The molecule has 142 valence electrons. The van der Waals surface area contributed by atoms with Gasteiger partial charge < -0.3 is 19.7 Å². The summed E-state index contributed by atoms with van der Waals surface area (Å²) >= 11 is 12.0. The van der Waals surface area contributed by atoms with Crippen LogP contribution in [0.25, 0.3) is 0 Å². The summed E-state index contributed by atoms with van der Waals surface area (Å²) in [6, 6.07) is 11.5. The van der Waals surface area contributed by atoms with Crippen LogP contribution >= 0.6 is 23.2 Å². The molecular weight excluding hydrogens is 371 g/mol. The molecular formula is C20H26Cl2N2O2. The summed E-state index contributed by atoms with van der Waals surface area (Å²) in [5.41, 5.74) is 2.11. The summed E-state index contributed by atoms with van der Waals surface area (Å²) in [5, 5.41) is 4.51. The molecule has 0 bridgehead atoms. The van der Waals surface area contributed by atoms with Gasteiger partial charge in [0.1, 0.15) is 6.61 Å². The zero-order chi connectivity index (χ0) is 18.9. The summed E-state index contributed by atoms with van der Waals surface area (Å²) in [4.78, 5) is 2.19. The molecule has 0 saturated heterocycles. The summed E-state index contributed by atoms with van der Waals surface area (Å²) in [6.07, 6.45) is 1.12. The van der Waals surface area contributed by atoms with Crippen molar-refractivity contribution in [1.29, 1.82) is 0 Å². The molecule has 0 aliphatic rings. The van der Waals surface area contributed by atoms with Crippen LogP contribution in [-0.2, 0) is 13.2 Å². The second-order valence-corrected chi connectivity index (χ2v) is 7.17. The van der Waals surface area contributed by atoms with E-state index in [0.29, 0.717) is 22.4 Å². The zero-order valence-corrected chi connectivity index (χ0v) is 17.0. The maximum atomic E-state index is 6.04. The fourth-order valence-electron chi connectivity index (χ4n) is 2.48. The van der Waals surface area contributed by atoms with Gasteiger partial charge in [0.25, 0.3) is 0 Å². The Morgan fingerprint density at radius 3 is 2.42 bits per heavy atom. The Balaban J connectivity index is 1.89. The molecule has 2 rings (SSSR count). The van der Waals surface area contributed by atoms with Crippen LogP contribution in [0.5, 0.6) is 11.5 Å². The van der Waals surface area contributed by atoms with Gasteiger partial charge in [-0.3, -0.25) is 0 Å². The lowest BCUT2D eigenvalue weighted by atomic mass is 10.2. The number of ether oxygens (including phenoxy) is 2. The molecule has 0 aromatic heterocycles. The summed E-state index contributed by atoms with van der Waals surface area (Å²) < 4.78 is 11.4. The van der Waals surface area contributed by atoms with Gasteiger partial charge in [-0.05, 0) is 69.0 Å². The highest BCUT2D eigenvalue weighted by Gasteiger charge is 2.07. The van der Waals surface area contributed by atoms with Gasteiger partial charge in [-0.25, -0.2) is 0 Å². The van der Waals surface area contributed by atoms with Crippen molar-refractivity contribution in [3.63, 3.8) is 0 Å². The smallest absolute Gasteiger partial charge is 0.161 e. The first-order chi connectivity index (χ1) is 12.5. The lowest BCUT2D eigenvalue weighted by molar-refractivity contribution is 0.284. The van der Waals surface area contributed by atoms with Crippen molar-refractivity contribution in [2.24, 2.45) is 0 Å². The van der Waals surface area contributed by atoms with Crippen LogP contribution in [0.15, 0.2) is 36.4 Å². The van der Waals surface area contributed by atoms with E-state index in [1.807, 2.05) is 30.3 Å². The molecule has 2 aromatic rings. The molecule has 26 heavy (non-hydrogen) atoms. The highest BCUT2D eigenvalue weighted by atomic mass is 35.5. The molecule has 0 heterocycles. The van der Waals surface area contributed by atoms with Gasteiger partial charge in [0, 0.05) is 6.54 Å². The van der Waals surface area contributed by atoms with E-state index in [4.69, 9.17) is 32.7 Å². The van der Waals surface area contributed by atoms with Crippen molar-refractivity contribution in [3.8, 4) is 11.5 Å². The predicted octanol–water partition coefficient (Wildman–Crippen LogP) is 4.62. The average Bonchev–Trinajstić information content (AvgIpc) is 2.62. The molecule has 4 nitrogen and oxygen atoms in total. The standard InChI is InChI=1S/C20H26Cl2N2O2/c1-24(2)10-4-9-23-13-15-6-8-19(20(12-15)25-3)26-14-16-5-7-17(21)18(22)11-16/h5-8,11-12,23H,4,9-10,13-14H2,1-3H3. The molecule has 0 aliphatic carbocycles. The summed E-state index contributed by atoms with van der Waals surface area (Å²) in [6.45, 7) is 3.26. The quantitative estimate of drug-likeness (QED) is 0.593. The van der Waals surface area contributed by atoms with Crippen molar-refractivity contribution in [2.45, 2.75) is 19.6 Å². The number of benzene rings is 2. The second-order valence-electron chi connectivity index (χ2n) is 6.36. The number of nitrogens with zero attached hydrogens (tertiary/aromatic N) is 1. The van der Waals surface area contributed by atoms with E-state index in [0.717, 1.165) is 42.9 Å². The zero-order valence-electron chi connectivity index (χ0n) is 15.5. The minimum absolute atomic E-state index is 0.398. The number of hydrogen-bond donors (Lipinski definition) is 1. The molecule has 6 heteroatoms. The number of hydrogen-bond acceptors (Lipinski definition) is 4. The first-order valence-electron chi connectivity index (χ1n) is 8.58. The Bertz CT molecular complexity index is 708. The molecule has 1 N–H and O–H groups in total. The van der Waals surface area contributed by atoms with Gasteiger partial charge in [0.2, 0.25) is 0 Å². The Hall–Kier alpha value is -1.46. The van der Waals surface area contributed by atoms with E-state index in [1.54, 1.807) is 13.2 Å². The highest BCUT2D eigenvalue weighted by Crippen LogP contribution is 2.29. The Morgan fingerprint density at radius 2 is 1.73 bits per heavy atom. The molecule has 0 fully saturated rings. The third kappa shape index (κ3) is 6.69. The third-order valence-electron chi connectivity index (χ3n) is 3.89. The SMILES string of the molecule is COc1cc(CNCCCN(C)C)ccc1OCc1ccc(Cl)c(Cl)c1. The minimum Gasteiger partial charge on any atom is -0.493 e. The van der Waals surface area contributed by atoms with E-state index < -0.39 is 0 Å². The van der Waals surface area contributed by atoms with E-state index in [1.165, 1.54) is 0 Å². The third-order valence-corrected chi connectivity index (χ3v) is 4.63. The number of methoxy groups -OCH3 is 1. The van der Waals surface area contributed by atoms with Gasteiger partial charge in [0.15, 0.2) is 11.5 Å². The average molecular weight is 397 g/mol. The number of rotatable bonds is 10. The lowest BCUT2D eigenvalue weighted by Crippen LogP contribution is -2.21. The lowest BCUT2D eigenvalue weighted by Gasteiger charge is -2.13. The summed E-state index contributed by atoms with van der Waals surface area (Å²) in [7, 11) is 5.82. The van der Waals surface area contributed by atoms with Crippen molar-refractivity contribution in [3.05, 3.63) is 57.6 Å². The van der Waals surface area contributed by atoms with Gasteiger partial charge in [-0.2, -0.15) is 0 Å². The van der Waals surface area contributed by atoms with Crippen LogP contribution in [-0.4, -0.2) is 39.2 Å². The van der Waals surface area contributed by atoms with Crippen molar-refractivity contribution in [2.75, 3.05) is 34.3 Å². The molecule has 0 amide bonds. The van der Waals surface area contributed by atoms with Crippen LogP contribution in [0.3, 0.4) is 0 Å². The topological polar surface area (TPSA) is 33.7 Å².